The van der Waals surface area contributed by atoms with Crippen molar-refractivity contribution in [1.29, 1.82) is 5.26 Å². The van der Waals surface area contributed by atoms with E-state index in [1.165, 1.54) is 39.9 Å². The number of benzene rings is 2. The molecule has 0 radical (unpaired) electrons. The van der Waals surface area contributed by atoms with Crippen LogP contribution in [0.5, 0.6) is 0 Å². The van der Waals surface area contributed by atoms with E-state index < -0.39 is 24.1 Å². The lowest BCUT2D eigenvalue weighted by Gasteiger charge is -2.32. The van der Waals surface area contributed by atoms with Crippen molar-refractivity contribution in [1.82, 2.24) is 20.0 Å². The fourth-order valence-electron chi connectivity index (χ4n) is 5.02. The Hall–Kier alpha value is -3.91. The van der Waals surface area contributed by atoms with Crippen LogP contribution < -0.4 is 10.2 Å². The van der Waals surface area contributed by atoms with Crippen molar-refractivity contribution in [3.05, 3.63) is 65.4 Å². The van der Waals surface area contributed by atoms with Gasteiger partial charge in [0, 0.05) is 43.3 Å². The molecule has 5 rings (SSSR count). The zero-order chi connectivity index (χ0) is 27.0. The van der Waals surface area contributed by atoms with E-state index in [-0.39, 0.29) is 47.6 Å². The number of nitriles is 1. The van der Waals surface area contributed by atoms with Gasteiger partial charge in [-0.25, -0.2) is 22.2 Å². The van der Waals surface area contributed by atoms with Gasteiger partial charge in [-0.1, -0.05) is 6.07 Å². The van der Waals surface area contributed by atoms with Crippen LogP contribution in [0, 0.1) is 23.0 Å². The Morgan fingerprint density at radius 1 is 1.13 bits per heavy atom. The number of halogens is 4. The quantitative estimate of drug-likeness (QED) is 0.500. The zero-order valence-electron chi connectivity index (χ0n) is 20.7. The number of hydrogen-bond acceptors (Lipinski definition) is 5. The molecular formula is C27H26F4N6O. The minimum Gasteiger partial charge on any atom is -0.365 e. The molecule has 7 nitrogen and oxygen atoms in total. The van der Waals surface area contributed by atoms with E-state index in [4.69, 9.17) is 5.26 Å². The second-order valence-electron chi connectivity index (χ2n) is 9.68. The maximum absolute atomic E-state index is 15.4. The summed E-state index contributed by atoms with van der Waals surface area (Å²) in [6.07, 6.45) is 1.45. The average molecular weight is 527 g/mol. The molecule has 38 heavy (non-hydrogen) atoms. The molecule has 1 atom stereocenters. The van der Waals surface area contributed by atoms with E-state index in [9.17, 15) is 18.0 Å². The molecular weight excluding hydrogens is 500 g/mol. The summed E-state index contributed by atoms with van der Waals surface area (Å²) in [6.45, 7) is 0.650. The van der Waals surface area contributed by atoms with E-state index in [2.05, 4.69) is 10.4 Å². The Morgan fingerprint density at radius 2 is 1.95 bits per heavy atom. The van der Waals surface area contributed by atoms with E-state index in [1.807, 2.05) is 7.05 Å². The largest absolute Gasteiger partial charge is 0.365 e. The number of alkyl halides is 2. The Balaban J connectivity index is 1.55. The second kappa shape index (κ2) is 10.1. The van der Waals surface area contributed by atoms with Gasteiger partial charge in [-0.2, -0.15) is 10.4 Å². The molecule has 1 unspecified atom stereocenters. The highest BCUT2D eigenvalue weighted by Crippen LogP contribution is 2.33. The topological polar surface area (TPSA) is 77.2 Å². The van der Waals surface area contributed by atoms with Gasteiger partial charge in [0.1, 0.15) is 17.6 Å². The molecule has 2 aliphatic heterocycles. The Kier molecular flexibility index (Phi) is 6.84. The summed E-state index contributed by atoms with van der Waals surface area (Å²) in [6, 6.07) is 11.4. The highest BCUT2D eigenvalue weighted by Gasteiger charge is 2.38. The van der Waals surface area contributed by atoms with Crippen molar-refractivity contribution in [2.24, 2.45) is 0 Å². The molecule has 0 saturated carbocycles. The SMILES string of the molecule is CNC1CCCN(C(=O)c2cc(-c3ccc(C#N)c(F)c3)n(-c3ccc(N4CCC(F)(F)C4)cc3F)n2)C1. The van der Waals surface area contributed by atoms with Gasteiger partial charge in [0.15, 0.2) is 11.5 Å². The fraction of sp³-hybridized carbons (Fsp3) is 0.370. The minimum atomic E-state index is -2.83. The zero-order valence-corrected chi connectivity index (χ0v) is 20.7. The predicted octanol–water partition coefficient (Wildman–Crippen LogP) is 4.36. The first kappa shape index (κ1) is 25.7. The third-order valence-electron chi connectivity index (χ3n) is 7.12. The molecule has 3 aromatic rings. The first-order valence-corrected chi connectivity index (χ1v) is 12.4. The van der Waals surface area contributed by atoms with Gasteiger partial charge in [-0.05, 0) is 56.3 Å². The summed E-state index contributed by atoms with van der Waals surface area (Å²) < 4.78 is 58.5. The van der Waals surface area contributed by atoms with Crippen LogP contribution >= 0.6 is 0 Å². The molecule has 2 aliphatic rings. The lowest BCUT2D eigenvalue weighted by molar-refractivity contribution is 0.0257. The number of piperidine rings is 1. The van der Waals surface area contributed by atoms with Gasteiger partial charge in [0.25, 0.3) is 11.8 Å². The van der Waals surface area contributed by atoms with Crippen molar-refractivity contribution in [2.45, 2.75) is 31.2 Å². The molecule has 1 amide bonds. The van der Waals surface area contributed by atoms with Crippen molar-refractivity contribution < 1.29 is 22.4 Å². The molecule has 2 saturated heterocycles. The molecule has 198 valence electrons. The maximum atomic E-state index is 15.4. The number of amides is 1. The lowest BCUT2D eigenvalue weighted by Crippen LogP contribution is -2.47. The number of likely N-dealkylation sites (tertiary alicyclic amines) is 1. The van der Waals surface area contributed by atoms with E-state index in [0.29, 0.717) is 24.3 Å². The molecule has 2 fully saturated rings. The number of aromatic nitrogens is 2. The van der Waals surface area contributed by atoms with Crippen LogP contribution in [-0.2, 0) is 0 Å². The number of rotatable bonds is 5. The van der Waals surface area contributed by atoms with Crippen molar-refractivity contribution in [2.75, 3.05) is 38.1 Å². The molecule has 0 aliphatic carbocycles. The van der Waals surface area contributed by atoms with Gasteiger partial charge in [-0.15, -0.1) is 0 Å². The predicted molar refractivity (Wildman–Crippen MR) is 133 cm³/mol. The van der Waals surface area contributed by atoms with Gasteiger partial charge in [0.2, 0.25) is 0 Å². The van der Waals surface area contributed by atoms with Crippen LogP contribution in [-0.4, -0.2) is 65.8 Å². The second-order valence-corrected chi connectivity index (χ2v) is 9.68. The number of hydrogen-bond donors (Lipinski definition) is 1. The van der Waals surface area contributed by atoms with Gasteiger partial charge in [-0.3, -0.25) is 4.79 Å². The molecule has 1 aromatic heterocycles. The number of nitrogens with zero attached hydrogens (tertiary/aromatic N) is 5. The number of nitrogens with one attached hydrogen (secondary N) is 1. The van der Waals surface area contributed by atoms with Crippen LogP contribution in [0.15, 0.2) is 42.5 Å². The fourth-order valence-corrected chi connectivity index (χ4v) is 5.02. The van der Waals surface area contributed by atoms with Crippen LogP contribution in [0.2, 0.25) is 0 Å². The van der Waals surface area contributed by atoms with E-state index >= 15 is 4.39 Å². The summed E-state index contributed by atoms with van der Waals surface area (Å²) in [5.74, 6) is -4.66. The Morgan fingerprint density at radius 3 is 2.61 bits per heavy atom. The summed E-state index contributed by atoms with van der Waals surface area (Å²) in [4.78, 5) is 16.5. The van der Waals surface area contributed by atoms with Crippen LogP contribution in [0.1, 0.15) is 35.3 Å². The molecule has 0 bridgehead atoms. The molecule has 1 N–H and O–H groups in total. The molecule has 2 aromatic carbocycles. The summed E-state index contributed by atoms with van der Waals surface area (Å²) in [7, 11) is 1.83. The summed E-state index contributed by atoms with van der Waals surface area (Å²) in [5, 5.41) is 16.7. The van der Waals surface area contributed by atoms with Crippen LogP contribution in [0.25, 0.3) is 16.9 Å². The smallest absolute Gasteiger partial charge is 0.274 e. The van der Waals surface area contributed by atoms with Crippen LogP contribution in [0.3, 0.4) is 0 Å². The summed E-state index contributed by atoms with van der Waals surface area (Å²) >= 11 is 0. The highest BCUT2D eigenvalue weighted by atomic mass is 19.3. The highest BCUT2D eigenvalue weighted by molar-refractivity contribution is 5.94. The van der Waals surface area contributed by atoms with Gasteiger partial charge >= 0.3 is 0 Å². The van der Waals surface area contributed by atoms with Crippen LogP contribution in [0.4, 0.5) is 23.2 Å². The number of likely N-dealkylation sites (N-methyl/N-ethyl adjacent to an activating group) is 1. The monoisotopic (exact) mass is 526 g/mol. The number of carbonyl (C=O) groups excluding carboxylic acids is 1. The normalized spacial score (nSPS) is 19.0. The van der Waals surface area contributed by atoms with Crippen molar-refractivity contribution in [3.8, 4) is 23.0 Å². The van der Waals surface area contributed by atoms with Crippen molar-refractivity contribution >= 4 is 11.6 Å². The third-order valence-corrected chi connectivity index (χ3v) is 7.12. The lowest BCUT2D eigenvalue weighted by atomic mass is 10.1. The first-order valence-electron chi connectivity index (χ1n) is 12.4. The Bertz CT molecular complexity index is 1420. The standard InChI is InChI=1S/C27H26F4N6O/c1-33-19-3-2-9-35(15-19)26(38)23-13-25(17-4-5-18(14-32)21(28)11-17)37(34-23)24-7-6-20(12-22(24)29)36-10-8-27(30,31)16-36/h4-7,11-13,19,33H,2-3,8-10,15-16H2,1H3. The average Bonchev–Trinajstić information content (AvgIpc) is 3.51. The van der Waals surface area contributed by atoms with Crippen molar-refractivity contribution in [3.63, 3.8) is 0 Å². The first-order chi connectivity index (χ1) is 18.2. The molecule has 11 heteroatoms. The molecule has 0 spiro atoms. The van der Waals surface area contributed by atoms with E-state index in [0.717, 1.165) is 25.0 Å². The summed E-state index contributed by atoms with van der Waals surface area (Å²) in [5.41, 5.74) is 0.736. The number of anilines is 1. The molecule has 3 heterocycles. The maximum Gasteiger partial charge on any atom is 0.274 e. The Labute approximate surface area is 217 Å². The van der Waals surface area contributed by atoms with E-state index in [1.54, 1.807) is 11.0 Å². The van der Waals surface area contributed by atoms with Gasteiger partial charge < -0.3 is 15.1 Å². The minimum absolute atomic E-state index is 0.0229. The number of carbonyl (C=O) groups is 1. The third kappa shape index (κ3) is 4.96. The van der Waals surface area contributed by atoms with Gasteiger partial charge in [0.05, 0.1) is 17.8 Å².